The molecular formula is C13H29ClN2OS. The Kier molecular flexibility index (Phi) is 12.4. The summed E-state index contributed by atoms with van der Waals surface area (Å²) < 4.78 is 0. The summed E-state index contributed by atoms with van der Waals surface area (Å²) in [6, 6.07) is 0. The molecule has 0 saturated heterocycles. The van der Waals surface area contributed by atoms with Gasteiger partial charge >= 0.3 is 0 Å². The lowest BCUT2D eigenvalue weighted by molar-refractivity contribution is -0.120. The molecule has 0 aliphatic heterocycles. The van der Waals surface area contributed by atoms with Crippen molar-refractivity contribution >= 4 is 30.1 Å². The fraction of sp³-hybridized carbons (Fsp3) is 0.923. The number of hydrogen-bond donors (Lipinski definition) is 2. The molecule has 0 aromatic rings. The molecule has 5 heteroatoms. The maximum absolute atomic E-state index is 11.8. The molecule has 3 nitrogen and oxygen atoms in total. The molecule has 0 spiro atoms. The first kappa shape index (κ1) is 20.4. The molecule has 3 N–H and O–H groups in total. The van der Waals surface area contributed by atoms with Crippen molar-refractivity contribution in [1.29, 1.82) is 0 Å². The molecule has 0 saturated carbocycles. The zero-order valence-electron chi connectivity index (χ0n) is 12.1. The van der Waals surface area contributed by atoms with Gasteiger partial charge in [0.05, 0.1) is 5.25 Å². The van der Waals surface area contributed by atoms with E-state index in [1.54, 1.807) is 11.8 Å². The molecule has 0 radical (unpaired) electrons. The van der Waals surface area contributed by atoms with Crippen molar-refractivity contribution in [2.75, 3.05) is 12.3 Å². The predicted molar refractivity (Wildman–Crippen MR) is 84.6 cm³/mol. The zero-order chi connectivity index (χ0) is 13.3. The number of carbonyl (C=O) groups excluding carboxylic acids is 1. The number of halogens is 1. The van der Waals surface area contributed by atoms with Crippen LogP contribution < -0.4 is 11.1 Å². The first-order chi connectivity index (χ1) is 7.99. The third kappa shape index (κ3) is 8.22. The smallest absolute Gasteiger partial charge is 0.232 e. The molecule has 0 fully saturated rings. The lowest BCUT2D eigenvalue weighted by atomic mass is 9.94. The second-order valence-electron chi connectivity index (χ2n) is 4.65. The highest BCUT2D eigenvalue weighted by Gasteiger charge is 2.22. The Morgan fingerprint density at radius 2 is 1.89 bits per heavy atom. The molecule has 18 heavy (non-hydrogen) atoms. The lowest BCUT2D eigenvalue weighted by Gasteiger charge is -2.27. The maximum atomic E-state index is 11.8. The fourth-order valence-electron chi connectivity index (χ4n) is 1.39. The summed E-state index contributed by atoms with van der Waals surface area (Å²) >= 11 is 1.72. The van der Waals surface area contributed by atoms with Crippen molar-refractivity contribution in [3.8, 4) is 0 Å². The van der Waals surface area contributed by atoms with Gasteiger partial charge < -0.3 is 11.1 Å². The minimum atomic E-state index is -0.247. The van der Waals surface area contributed by atoms with E-state index in [9.17, 15) is 4.79 Å². The van der Waals surface area contributed by atoms with Crippen LogP contribution in [0.15, 0.2) is 0 Å². The van der Waals surface area contributed by atoms with Crippen LogP contribution >= 0.6 is 24.2 Å². The molecule has 0 heterocycles. The molecular weight excluding hydrogens is 268 g/mol. The van der Waals surface area contributed by atoms with Gasteiger partial charge in [0.15, 0.2) is 0 Å². The normalized spacial score (nSPS) is 12.7. The van der Waals surface area contributed by atoms with Gasteiger partial charge in [0.25, 0.3) is 0 Å². The average molecular weight is 297 g/mol. The van der Waals surface area contributed by atoms with Crippen LogP contribution in [-0.4, -0.2) is 29.0 Å². The van der Waals surface area contributed by atoms with Crippen LogP contribution in [0.5, 0.6) is 0 Å². The van der Waals surface area contributed by atoms with Gasteiger partial charge in [-0.2, -0.15) is 0 Å². The third-order valence-corrected chi connectivity index (χ3v) is 4.50. The molecule has 0 aliphatic rings. The topological polar surface area (TPSA) is 55.1 Å². The maximum Gasteiger partial charge on any atom is 0.232 e. The van der Waals surface area contributed by atoms with Gasteiger partial charge in [0, 0.05) is 12.1 Å². The Morgan fingerprint density at radius 3 is 2.33 bits per heavy atom. The van der Waals surface area contributed by atoms with E-state index in [4.69, 9.17) is 5.73 Å². The van der Waals surface area contributed by atoms with E-state index < -0.39 is 0 Å². The molecule has 0 rings (SSSR count). The minimum Gasteiger partial charge on any atom is -0.353 e. The molecule has 1 atom stereocenters. The van der Waals surface area contributed by atoms with Gasteiger partial charge in [0.1, 0.15) is 0 Å². The number of unbranched alkanes of at least 4 members (excludes halogenated alkanes) is 1. The van der Waals surface area contributed by atoms with Crippen molar-refractivity contribution in [3.63, 3.8) is 0 Å². The van der Waals surface area contributed by atoms with Gasteiger partial charge in [-0.05, 0) is 31.9 Å². The van der Waals surface area contributed by atoms with E-state index in [-0.39, 0.29) is 29.1 Å². The van der Waals surface area contributed by atoms with Crippen molar-refractivity contribution in [3.05, 3.63) is 0 Å². The molecule has 0 aromatic heterocycles. The van der Waals surface area contributed by atoms with E-state index in [0.717, 1.165) is 18.6 Å². The summed E-state index contributed by atoms with van der Waals surface area (Å²) in [7, 11) is 0. The Hall–Kier alpha value is 0.0700. The highest BCUT2D eigenvalue weighted by Crippen LogP contribution is 2.14. The molecule has 0 aromatic carbocycles. The van der Waals surface area contributed by atoms with Crippen LogP contribution in [0.2, 0.25) is 0 Å². The van der Waals surface area contributed by atoms with Crippen molar-refractivity contribution in [2.45, 2.75) is 64.2 Å². The van der Waals surface area contributed by atoms with Gasteiger partial charge in [-0.15, -0.1) is 24.2 Å². The van der Waals surface area contributed by atoms with Crippen molar-refractivity contribution in [1.82, 2.24) is 5.32 Å². The van der Waals surface area contributed by atoms with Crippen LogP contribution in [0, 0.1) is 0 Å². The van der Waals surface area contributed by atoms with E-state index in [0.29, 0.717) is 6.54 Å². The summed E-state index contributed by atoms with van der Waals surface area (Å²) in [5.74, 6) is 1.17. The lowest BCUT2D eigenvalue weighted by Crippen LogP contribution is -2.50. The Labute approximate surface area is 122 Å². The summed E-state index contributed by atoms with van der Waals surface area (Å²) in [6.07, 6.45) is 4.13. The highest BCUT2D eigenvalue weighted by molar-refractivity contribution is 8.00. The van der Waals surface area contributed by atoms with Crippen LogP contribution in [-0.2, 0) is 4.79 Å². The van der Waals surface area contributed by atoms with Crippen LogP contribution in [0.3, 0.4) is 0 Å². The summed E-state index contributed by atoms with van der Waals surface area (Å²) in [5, 5.41) is 2.99. The second kappa shape index (κ2) is 10.9. The van der Waals surface area contributed by atoms with Gasteiger partial charge in [-0.25, -0.2) is 0 Å². The number of hydrogen-bond acceptors (Lipinski definition) is 3. The summed E-state index contributed by atoms with van der Waals surface area (Å²) in [5.41, 5.74) is 5.90. The van der Waals surface area contributed by atoms with Gasteiger partial charge in [-0.1, -0.05) is 27.2 Å². The van der Waals surface area contributed by atoms with Crippen molar-refractivity contribution in [2.24, 2.45) is 5.73 Å². The number of thioether (sulfide) groups is 1. The van der Waals surface area contributed by atoms with Crippen molar-refractivity contribution < 1.29 is 4.79 Å². The summed E-state index contributed by atoms with van der Waals surface area (Å²) in [4.78, 5) is 11.8. The first-order valence-corrected chi connectivity index (χ1v) is 7.72. The van der Waals surface area contributed by atoms with E-state index in [1.807, 2.05) is 6.92 Å². The Morgan fingerprint density at radius 1 is 1.33 bits per heavy atom. The van der Waals surface area contributed by atoms with E-state index in [1.165, 1.54) is 12.8 Å². The van der Waals surface area contributed by atoms with E-state index in [2.05, 4.69) is 26.1 Å². The van der Waals surface area contributed by atoms with Gasteiger partial charge in [-0.3, -0.25) is 4.79 Å². The van der Waals surface area contributed by atoms with Crippen LogP contribution in [0.1, 0.15) is 53.4 Å². The molecule has 1 unspecified atom stereocenters. The third-order valence-electron chi connectivity index (χ3n) is 3.26. The summed E-state index contributed by atoms with van der Waals surface area (Å²) in [6.45, 7) is 8.84. The number of amides is 1. The van der Waals surface area contributed by atoms with Crippen LogP contribution in [0.25, 0.3) is 0 Å². The monoisotopic (exact) mass is 296 g/mol. The zero-order valence-corrected chi connectivity index (χ0v) is 13.8. The number of nitrogens with one attached hydrogen (secondary N) is 1. The number of carbonyl (C=O) groups is 1. The predicted octanol–water partition coefficient (Wildman–Crippen LogP) is 2.96. The number of rotatable bonds is 9. The number of nitrogens with two attached hydrogens (primary N) is 1. The molecule has 1 amide bonds. The SMILES string of the molecule is CCCCSC(C)C(=O)NCC(N)(CC)CC.Cl. The van der Waals surface area contributed by atoms with E-state index >= 15 is 0 Å². The van der Waals surface area contributed by atoms with Crippen LogP contribution in [0.4, 0.5) is 0 Å². The largest absolute Gasteiger partial charge is 0.353 e. The fourth-order valence-corrected chi connectivity index (χ4v) is 2.43. The molecule has 0 aliphatic carbocycles. The highest BCUT2D eigenvalue weighted by atomic mass is 35.5. The minimum absolute atomic E-state index is 0. The second-order valence-corrected chi connectivity index (χ2v) is 6.10. The quantitative estimate of drug-likeness (QED) is 0.643. The van der Waals surface area contributed by atoms with Gasteiger partial charge in [0.2, 0.25) is 5.91 Å². The first-order valence-electron chi connectivity index (χ1n) is 6.67. The average Bonchev–Trinajstić information content (AvgIpc) is 2.35. The molecule has 0 bridgehead atoms. The molecule has 110 valence electrons. The Balaban J connectivity index is 0. The standard InChI is InChI=1S/C13H28N2OS.ClH/c1-5-8-9-17-11(4)12(16)15-10-13(14,6-2)7-3;/h11H,5-10,14H2,1-4H3,(H,15,16);1H. The Bertz CT molecular complexity index is 223.